The lowest BCUT2D eigenvalue weighted by atomic mass is 10.0. The minimum absolute atomic E-state index is 0.239. The van der Waals surface area contributed by atoms with Crippen molar-refractivity contribution in [1.82, 2.24) is 0 Å². The van der Waals surface area contributed by atoms with E-state index < -0.39 is 5.97 Å². The Kier molecular flexibility index (Phi) is 2.34. The molecule has 1 heterocycles. The second-order valence-electron chi connectivity index (χ2n) is 3.66. The van der Waals surface area contributed by atoms with Crippen molar-refractivity contribution in [3.8, 4) is 11.5 Å². The van der Waals surface area contributed by atoms with Crippen molar-refractivity contribution in [2.75, 3.05) is 0 Å². The Morgan fingerprint density at radius 2 is 2.12 bits per heavy atom. The van der Waals surface area contributed by atoms with Gasteiger partial charge in [0.1, 0.15) is 5.76 Å². The summed E-state index contributed by atoms with van der Waals surface area (Å²) in [6.07, 6.45) is 2.49. The molecule has 84 valence electrons. The maximum absolute atomic E-state index is 11.6. The Bertz CT molecular complexity index is 500. The number of rotatable bonds is 1. The number of cyclic esters (lactones) is 1. The predicted molar refractivity (Wildman–Crippen MR) is 58.2 cm³/mol. The van der Waals surface area contributed by atoms with Crippen molar-refractivity contribution in [2.24, 2.45) is 0 Å². The van der Waals surface area contributed by atoms with Gasteiger partial charge < -0.3 is 14.9 Å². The number of ether oxygens (including phenoxy) is 1. The molecule has 0 fully saturated rings. The van der Waals surface area contributed by atoms with Crippen LogP contribution in [0.4, 0.5) is 0 Å². The second-order valence-corrected chi connectivity index (χ2v) is 3.66. The zero-order valence-corrected chi connectivity index (χ0v) is 9.07. The summed E-state index contributed by atoms with van der Waals surface area (Å²) in [5.41, 5.74) is 1.22. The van der Waals surface area contributed by atoms with Crippen LogP contribution in [0.3, 0.4) is 0 Å². The standard InChI is InChI=1S/C12H12O4/c1-3-4-9-7-5-8(13)11(14)6(2)10(7)12(15)16-9/h4-5,13-14H,3H2,1-2H3. The van der Waals surface area contributed by atoms with E-state index in [1.54, 1.807) is 13.0 Å². The van der Waals surface area contributed by atoms with E-state index in [1.807, 2.05) is 6.92 Å². The van der Waals surface area contributed by atoms with Crippen LogP contribution in [0.2, 0.25) is 0 Å². The van der Waals surface area contributed by atoms with Crippen molar-refractivity contribution in [3.63, 3.8) is 0 Å². The summed E-state index contributed by atoms with van der Waals surface area (Å²) in [4.78, 5) is 11.6. The largest absolute Gasteiger partial charge is 0.504 e. The van der Waals surface area contributed by atoms with Gasteiger partial charge in [0.25, 0.3) is 0 Å². The van der Waals surface area contributed by atoms with Gasteiger partial charge in [-0.25, -0.2) is 4.79 Å². The van der Waals surface area contributed by atoms with Crippen LogP contribution in [-0.4, -0.2) is 16.2 Å². The third-order valence-corrected chi connectivity index (χ3v) is 2.58. The summed E-state index contributed by atoms with van der Waals surface area (Å²) >= 11 is 0. The van der Waals surface area contributed by atoms with Crippen molar-refractivity contribution in [2.45, 2.75) is 20.3 Å². The molecule has 2 N–H and O–H groups in total. The zero-order valence-electron chi connectivity index (χ0n) is 9.07. The lowest BCUT2D eigenvalue weighted by Crippen LogP contribution is -1.97. The molecule has 1 aliphatic heterocycles. The minimum Gasteiger partial charge on any atom is -0.504 e. The van der Waals surface area contributed by atoms with Crippen LogP contribution in [0.25, 0.3) is 5.76 Å². The molecule has 4 nitrogen and oxygen atoms in total. The highest BCUT2D eigenvalue weighted by Gasteiger charge is 2.30. The fourth-order valence-corrected chi connectivity index (χ4v) is 1.79. The third-order valence-electron chi connectivity index (χ3n) is 2.58. The van der Waals surface area contributed by atoms with Crippen molar-refractivity contribution in [3.05, 3.63) is 28.8 Å². The number of allylic oxidation sites excluding steroid dienone is 1. The summed E-state index contributed by atoms with van der Waals surface area (Å²) in [6, 6.07) is 1.35. The van der Waals surface area contributed by atoms with Crippen LogP contribution in [0.1, 0.15) is 34.8 Å². The average molecular weight is 220 g/mol. The molecule has 0 unspecified atom stereocenters. The molecule has 1 aliphatic rings. The molecule has 0 atom stereocenters. The number of carbonyl (C=O) groups excluding carboxylic acids is 1. The summed E-state index contributed by atoms with van der Waals surface area (Å²) in [5, 5.41) is 19.0. The second kappa shape index (κ2) is 3.56. The quantitative estimate of drug-likeness (QED) is 0.563. The number of esters is 1. The van der Waals surface area contributed by atoms with Gasteiger partial charge in [-0.15, -0.1) is 0 Å². The van der Waals surface area contributed by atoms with Crippen LogP contribution in [-0.2, 0) is 4.74 Å². The lowest BCUT2D eigenvalue weighted by Gasteiger charge is -2.05. The molecule has 2 rings (SSSR count). The highest BCUT2D eigenvalue weighted by molar-refractivity contribution is 6.05. The van der Waals surface area contributed by atoms with E-state index in [9.17, 15) is 15.0 Å². The number of aromatic hydroxyl groups is 2. The Hall–Kier alpha value is -1.97. The molecule has 0 amide bonds. The first-order chi connectivity index (χ1) is 7.56. The fraction of sp³-hybridized carbons (Fsp3) is 0.250. The van der Waals surface area contributed by atoms with Gasteiger partial charge in [-0.2, -0.15) is 0 Å². The van der Waals surface area contributed by atoms with E-state index in [0.29, 0.717) is 22.4 Å². The predicted octanol–water partition coefficient (Wildman–Crippen LogP) is 2.33. The van der Waals surface area contributed by atoms with Crippen molar-refractivity contribution < 1.29 is 19.7 Å². The number of phenols is 2. The summed E-state index contributed by atoms with van der Waals surface area (Å²) < 4.78 is 5.06. The van der Waals surface area contributed by atoms with Gasteiger partial charge in [-0.05, 0) is 25.5 Å². The van der Waals surface area contributed by atoms with Gasteiger partial charge in [0, 0.05) is 11.1 Å². The zero-order chi connectivity index (χ0) is 11.9. The van der Waals surface area contributed by atoms with Crippen LogP contribution >= 0.6 is 0 Å². The van der Waals surface area contributed by atoms with E-state index in [2.05, 4.69) is 0 Å². The molecule has 0 bridgehead atoms. The number of phenolic OH excluding ortho intramolecular Hbond substituents is 2. The Balaban J connectivity index is 2.71. The summed E-state index contributed by atoms with van der Waals surface area (Å²) in [7, 11) is 0. The Morgan fingerprint density at radius 1 is 1.44 bits per heavy atom. The number of carbonyl (C=O) groups is 1. The van der Waals surface area contributed by atoms with E-state index in [-0.39, 0.29) is 11.5 Å². The summed E-state index contributed by atoms with van der Waals surface area (Å²) in [6.45, 7) is 3.50. The molecule has 0 radical (unpaired) electrons. The molecule has 0 saturated heterocycles. The van der Waals surface area contributed by atoms with Gasteiger partial charge in [0.2, 0.25) is 0 Å². The molecule has 0 aromatic heterocycles. The molecule has 16 heavy (non-hydrogen) atoms. The Morgan fingerprint density at radius 3 is 2.75 bits per heavy atom. The van der Waals surface area contributed by atoms with Crippen LogP contribution < -0.4 is 0 Å². The molecule has 0 spiro atoms. The molecule has 1 aromatic carbocycles. The van der Waals surface area contributed by atoms with Crippen molar-refractivity contribution in [1.29, 1.82) is 0 Å². The number of hydrogen-bond acceptors (Lipinski definition) is 4. The van der Waals surface area contributed by atoms with Crippen LogP contribution in [0.15, 0.2) is 12.1 Å². The monoisotopic (exact) mass is 220 g/mol. The first-order valence-corrected chi connectivity index (χ1v) is 5.04. The van der Waals surface area contributed by atoms with Gasteiger partial charge >= 0.3 is 5.97 Å². The maximum atomic E-state index is 11.6. The number of fused-ring (bicyclic) bond motifs is 1. The molecular formula is C12H12O4. The highest BCUT2D eigenvalue weighted by atomic mass is 16.5. The highest BCUT2D eigenvalue weighted by Crippen LogP contribution is 2.40. The maximum Gasteiger partial charge on any atom is 0.344 e. The molecule has 0 saturated carbocycles. The topological polar surface area (TPSA) is 66.8 Å². The van der Waals surface area contributed by atoms with E-state index in [0.717, 1.165) is 6.42 Å². The van der Waals surface area contributed by atoms with E-state index >= 15 is 0 Å². The lowest BCUT2D eigenvalue weighted by molar-refractivity contribution is 0.0714. The van der Waals surface area contributed by atoms with Crippen molar-refractivity contribution >= 4 is 11.7 Å². The van der Waals surface area contributed by atoms with Gasteiger partial charge in [-0.3, -0.25) is 0 Å². The first kappa shape index (κ1) is 10.5. The van der Waals surface area contributed by atoms with E-state index in [1.165, 1.54) is 6.07 Å². The SMILES string of the molecule is CCC=C1OC(=O)c2c1cc(O)c(O)c2C. The third kappa shape index (κ3) is 1.34. The number of hydrogen-bond donors (Lipinski definition) is 2. The van der Waals surface area contributed by atoms with Crippen LogP contribution in [0, 0.1) is 6.92 Å². The number of benzene rings is 1. The van der Waals surface area contributed by atoms with E-state index in [4.69, 9.17) is 4.74 Å². The first-order valence-electron chi connectivity index (χ1n) is 5.04. The van der Waals surface area contributed by atoms with Gasteiger partial charge in [-0.1, -0.05) is 6.92 Å². The molecule has 4 heteroatoms. The normalized spacial score (nSPS) is 16.4. The van der Waals surface area contributed by atoms with Gasteiger partial charge in [0.15, 0.2) is 11.5 Å². The molecule has 0 aliphatic carbocycles. The fourth-order valence-electron chi connectivity index (χ4n) is 1.79. The Labute approximate surface area is 92.8 Å². The summed E-state index contributed by atoms with van der Waals surface area (Å²) in [5.74, 6) is -0.548. The average Bonchev–Trinajstić information content (AvgIpc) is 2.53. The smallest absolute Gasteiger partial charge is 0.344 e. The van der Waals surface area contributed by atoms with Gasteiger partial charge in [0.05, 0.1) is 5.56 Å². The minimum atomic E-state index is -0.484. The molecule has 1 aromatic rings. The molecular weight excluding hydrogens is 208 g/mol. The van der Waals surface area contributed by atoms with Crippen LogP contribution in [0.5, 0.6) is 11.5 Å².